The van der Waals surface area contributed by atoms with Crippen LogP contribution >= 0.6 is 0 Å². The maximum absolute atomic E-state index is 12.5. The van der Waals surface area contributed by atoms with Crippen LogP contribution in [0.1, 0.15) is 24.2 Å². The van der Waals surface area contributed by atoms with Gasteiger partial charge in [-0.1, -0.05) is 6.07 Å². The standard InChI is InChI=1S/C15H19NO5/c1-15(2)10-16(6-7-21-15)14(19)11-4-3-5-12(8-11)20-9-13(17)18/h3-5,8H,6-7,9-10H2,1-2H3,(H,17,18). The number of hydrogen-bond acceptors (Lipinski definition) is 4. The first-order valence-corrected chi connectivity index (χ1v) is 6.75. The van der Waals surface area contributed by atoms with Crippen molar-refractivity contribution >= 4 is 11.9 Å². The normalized spacial score (nSPS) is 17.3. The molecule has 1 heterocycles. The van der Waals surface area contributed by atoms with Crippen LogP contribution in [0.25, 0.3) is 0 Å². The molecule has 114 valence electrons. The lowest BCUT2D eigenvalue weighted by Crippen LogP contribution is -2.50. The predicted octanol–water partition coefficient (Wildman–Crippen LogP) is 1.40. The van der Waals surface area contributed by atoms with Gasteiger partial charge in [-0.3, -0.25) is 4.79 Å². The third-order valence-electron chi connectivity index (χ3n) is 3.16. The second-order valence-corrected chi connectivity index (χ2v) is 5.55. The van der Waals surface area contributed by atoms with Gasteiger partial charge in [0.1, 0.15) is 5.75 Å². The summed E-state index contributed by atoms with van der Waals surface area (Å²) in [5.41, 5.74) is 0.126. The Morgan fingerprint density at radius 2 is 2.19 bits per heavy atom. The van der Waals surface area contributed by atoms with Crippen LogP contribution < -0.4 is 4.74 Å². The van der Waals surface area contributed by atoms with E-state index in [1.165, 1.54) is 0 Å². The summed E-state index contributed by atoms with van der Waals surface area (Å²) < 4.78 is 10.7. The van der Waals surface area contributed by atoms with E-state index in [0.717, 1.165) is 0 Å². The molecule has 0 radical (unpaired) electrons. The van der Waals surface area contributed by atoms with E-state index in [1.807, 2.05) is 13.8 Å². The van der Waals surface area contributed by atoms with Crippen molar-refractivity contribution in [1.29, 1.82) is 0 Å². The number of carbonyl (C=O) groups is 2. The van der Waals surface area contributed by atoms with E-state index in [2.05, 4.69) is 0 Å². The molecule has 0 atom stereocenters. The van der Waals surface area contributed by atoms with E-state index in [9.17, 15) is 9.59 Å². The van der Waals surface area contributed by atoms with Crippen molar-refractivity contribution in [2.75, 3.05) is 26.3 Å². The number of carbonyl (C=O) groups excluding carboxylic acids is 1. The number of ether oxygens (including phenoxy) is 2. The first kappa shape index (κ1) is 15.3. The molecule has 1 aromatic carbocycles. The Kier molecular flexibility index (Phi) is 4.47. The number of rotatable bonds is 4. The highest BCUT2D eigenvalue weighted by molar-refractivity contribution is 5.94. The molecule has 6 nitrogen and oxygen atoms in total. The molecule has 0 spiro atoms. The van der Waals surface area contributed by atoms with E-state index in [1.54, 1.807) is 29.2 Å². The van der Waals surface area contributed by atoms with Crippen LogP contribution in [-0.2, 0) is 9.53 Å². The molecule has 21 heavy (non-hydrogen) atoms. The highest BCUT2D eigenvalue weighted by Gasteiger charge is 2.30. The van der Waals surface area contributed by atoms with Crippen molar-refractivity contribution in [3.05, 3.63) is 29.8 Å². The number of aliphatic carboxylic acids is 1. The summed E-state index contributed by atoms with van der Waals surface area (Å²) in [7, 11) is 0. The molecule has 2 rings (SSSR count). The fraction of sp³-hybridized carbons (Fsp3) is 0.467. The van der Waals surface area contributed by atoms with Gasteiger partial charge in [0, 0.05) is 18.7 Å². The van der Waals surface area contributed by atoms with Crippen molar-refractivity contribution in [1.82, 2.24) is 4.90 Å². The van der Waals surface area contributed by atoms with Crippen LogP contribution in [0.2, 0.25) is 0 Å². The van der Waals surface area contributed by atoms with Gasteiger partial charge in [-0.15, -0.1) is 0 Å². The Labute approximate surface area is 123 Å². The lowest BCUT2D eigenvalue weighted by molar-refractivity contribution is -0.139. The van der Waals surface area contributed by atoms with Gasteiger partial charge in [0.2, 0.25) is 0 Å². The molecular weight excluding hydrogens is 274 g/mol. The summed E-state index contributed by atoms with van der Waals surface area (Å²) >= 11 is 0. The molecule has 1 fully saturated rings. The topological polar surface area (TPSA) is 76.1 Å². The summed E-state index contributed by atoms with van der Waals surface area (Å²) in [6, 6.07) is 6.56. The largest absolute Gasteiger partial charge is 0.482 e. The van der Waals surface area contributed by atoms with Gasteiger partial charge in [-0.05, 0) is 32.0 Å². The van der Waals surface area contributed by atoms with Crippen molar-refractivity contribution in [3.63, 3.8) is 0 Å². The summed E-state index contributed by atoms with van der Waals surface area (Å²) in [6.07, 6.45) is 0. The molecule has 0 aromatic heterocycles. The zero-order valence-corrected chi connectivity index (χ0v) is 12.2. The highest BCUT2D eigenvalue weighted by Crippen LogP contribution is 2.20. The minimum atomic E-state index is -1.05. The van der Waals surface area contributed by atoms with Crippen LogP contribution in [0.4, 0.5) is 0 Å². The summed E-state index contributed by atoms with van der Waals surface area (Å²) in [6.45, 7) is 5.03. The Morgan fingerprint density at radius 1 is 1.43 bits per heavy atom. The minimum absolute atomic E-state index is 0.104. The van der Waals surface area contributed by atoms with E-state index in [4.69, 9.17) is 14.6 Å². The third-order valence-corrected chi connectivity index (χ3v) is 3.16. The van der Waals surface area contributed by atoms with Gasteiger partial charge in [-0.25, -0.2) is 4.79 Å². The van der Waals surface area contributed by atoms with Crippen LogP contribution in [0.5, 0.6) is 5.75 Å². The van der Waals surface area contributed by atoms with E-state index < -0.39 is 12.6 Å². The molecule has 1 aromatic rings. The van der Waals surface area contributed by atoms with Gasteiger partial charge in [0.15, 0.2) is 6.61 Å². The highest BCUT2D eigenvalue weighted by atomic mass is 16.5. The number of carboxylic acids is 1. The summed E-state index contributed by atoms with van der Waals surface area (Å²) in [5.74, 6) is -0.787. The maximum atomic E-state index is 12.5. The number of benzene rings is 1. The molecular formula is C15H19NO5. The molecule has 0 aliphatic carbocycles. The smallest absolute Gasteiger partial charge is 0.341 e. The number of carboxylic acid groups (broad SMARTS) is 1. The molecule has 6 heteroatoms. The average Bonchev–Trinajstić information content (AvgIpc) is 2.43. The summed E-state index contributed by atoms with van der Waals surface area (Å²) in [5, 5.41) is 8.60. The predicted molar refractivity (Wildman–Crippen MR) is 75.5 cm³/mol. The lowest BCUT2D eigenvalue weighted by Gasteiger charge is -2.38. The molecule has 0 unspecified atom stereocenters. The first-order chi connectivity index (χ1) is 9.87. The molecule has 1 N–H and O–H groups in total. The monoisotopic (exact) mass is 293 g/mol. The molecule has 1 amide bonds. The minimum Gasteiger partial charge on any atom is -0.482 e. The van der Waals surface area contributed by atoms with Gasteiger partial charge >= 0.3 is 5.97 Å². The molecule has 1 saturated heterocycles. The SMILES string of the molecule is CC1(C)CN(C(=O)c2cccc(OCC(=O)O)c2)CCO1. The van der Waals surface area contributed by atoms with Crippen LogP contribution in [-0.4, -0.2) is 53.8 Å². The summed E-state index contributed by atoms with van der Waals surface area (Å²) in [4.78, 5) is 24.7. The number of hydrogen-bond donors (Lipinski definition) is 1. The molecule has 1 aliphatic rings. The molecule has 1 aliphatic heterocycles. The first-order valence-electron chi connectivity index (χ1n) is 6.75. The fourth-order valence-corrected chi connectivity index (χ4v) is 2.24. The molecule has 0 saturated carbocycles. The Hall–Kier alpha value is -2.08. The van der Waals surface area contributed by atoms with Crippen LogP contribution in [0.3, 0.4) is 0 Å². The Balaban J connectivity index is 2.08. The number of morpholine rings is 1. The van der Waals surface area contributed by atoms with E-state index in [0.29, 0.717) is 31.0 Å². The van der Waals surface area contributed by atoms with Crippen LogP contribution in [0.15, 0.2) is 24.3 Å². The Morgan fingerprint density at radius 3 is 2.86 bits per heavy atom. The quantitative estimate of drug-likeness (QED) is 0.908. The number of amides is 1. The van der Waals surface area contributed by atoms with Crippen LogP contribution in [0, 0.1) is 0 Å². The lowest BCUT2D eigenvalue weighted by atomic mass is 10.1. The number of nitrogens with zero attached hydrogens (tertiary/aromatic N) is 1. The maximum Gasteiger partial charge on any atom is 0.341 e. The molecule has 0 bridgehead atoms. The van der Waals surface area contributed by atoms with Crippen molar-refractivity contribution in [3.8, 4) is 5.75 Å². The van der Waals surface area contributed by atoms with Gasteiger partial charge in [0.05, 0.1) is 12.2 Å². The Bertz CT molecular complexity index is 541. The van der Waals surface area contributed by atoms with Crippen molar-refractivity contribution in [2.24, 2.45) is 0 Å². The second-order valence-electron chi connectivity index (χ2n) is 5.55. The fourth-order valence-electron chi connectivity index (χ4n) is 2.24. The van der Waals surface area contributed by atoms with Crippen molar-refractivity contribution < 1.29 is 24.2 Å². The third kappa shape index (κ3) is 4.19. The van der Waals surface area contributed by atoms with E-state index in [-0.39, 0.29) is 11.5 Å². The van der Waals surface area contributed by atoms with Gasteiger partial charge < -0.3 is 19.5 Å². The van der Waals surface area contributed by atoms with E-state index >= 15 is 0 Å². The van der Waals surface area contributed by atoms with Gasteiger partial charge in [-0.2, -0.15) is 0 Å². The zero-order valence-electron chi connectivity index (χ0n) is 12.2. The average molecular weight is 293 g/mol. The van der Waals surface area contributed by atoms with Gasteiger partial charge in [0.25, 0.3) is 5.91 Å². The zero-order chi connectivity index (χ0) is 15.5. The second kappa shape index (κ2) is 6.13. The van der Waals surface area contributed by atoms with Crippen molar-refractivity contribution in [2.45, 2.75) is 19.4 Å².